The van der Waals surface area contributed by atoms with Crippen molar-refractivity contribution >= 4 is 17.5 Å². The van der Waals surface area contributed by atoms with Crippen molar-refractivity contribution in [3.8, 4) is 6.01 Å². The average Bonchev–Trinajstić information content (AvgIpc) is 2.36. The van der Waals surface area contributed by atoms with Gasteiger partial charge >= 0.3 is 6.01 Å². The van der Waals surface area contributed by atoms with Gasteiger partial charge in [-0.05, 0) is 50.1 Å². The predicted octanol–water partition coefficient (Wildman–Crippen LogP) is 3.55. The molecule has 1 aliphatic carbocycles. The van der Waals surface area contributed by atoms with Crippen LogP contribution in [-0.2, 0) is 0 Å². The second-order valence-electron chi connectivity index (χ2n) is 5.88. The fourth-order valence-electron chi connectivity index (χ4n) is 2.44. The highest BCUT2D eigenvalue weighted by atomic mass is 35.5. The molecule has 2 rings (SSSR count). The van der Waals surface area contributed by atoms with Crippen LogP contribution in [0.3, 0.4) is 0 Å². The lowest BCUT2D eigenvalue weighted by molar-refractivity contribution is 0.222. The third kappa shape index (κ3) is 4.78. The van der Waals surface area contributed by atoms with Gasteiger partial charge in [0.25, 0.3) is 0 Å². The maximum absolute atomic E-state index is 5.89. The number of nitrogens with one attached hydrogen (secondary N) is 1. The Morgan fingerprint density at radius 1 is 1.20 bits per heavy atom. The van der Waals surface area contributed by atoms with Gasteiger partial charge in [0, 0.05) is 6.54 Å². The fraction of sp³-hybridized carbons (Fsp3) is 0.786. The number of nitrogens with zero attached hydrogens (tertiary/aromatic N) is 3. The SMILES string of the molecule is CC1CCC(CNc2nc(Cl)nc(OC(C)C)n2)CC1. The monoisotopic (exact) mass is 298 g/mol. The van der Waals surface area contributed by atoms with Crippen molar-refractivity contribution in [2.45, 2.75) is 52.6 Å². The number of aromatic nitrogens is 3. The Labute approximate surface area is 125 Å². The lowest BCUT2D eigenvalue weighted by Gasteiger charge is -2.26. The molecule has 0 saturated heterocycles. The van der Waals surface area contributed by atoms with E-state index in [1.807, 2.05) is 13.8 Å². The minimum Gasteiger partial charge on any atom is -0.461 e. The molecular weight excluding hydrogens is 276 g/mol. The molecule has 6 heteroatoms. The molecule has 1 aromatic rings. The van der Waals surface area contributed by atoms with Crippen LogP contribution in [0.15, 0.2) is 0 Å². The molecule has 0 spiro atoms. The molecule has 0 aromatic carbocycles. The summed E-state index contributed by atoms with van der Waals surface area (Å²) in [5, 5.41) is 3.42. The van der Waals surface area contributed by atoms with Gasteiger partial charge in [0.1, 0.15) is 0 Å². The second kappa shape index (κ2) is 7.07. The van der Waals surface area contributed by atoms with Crippen LogP contribution in [0.1, 0.15) is 46.5 Å². The van der Waals surface area contributed by atoms with Crippen LogP contribution in [0.2, 0.25) is 5.28 Å². The van der Waals surface area contributed by atoms with E-state index in [0.29, 0.717) is 11.9 Å². The van der Waals surface area contributed by atoms with Crippen LogP contribution in [0.25, 0.3) is 0 Å². The summed E-state index contributed by atoms with van der Waals surface area (Å²) in [7, 11) is 0. The van der Waals surface area contributed by atoms with Crippen LogP contribution in [0.4, 0.5) is 5.95 Å². The molecule has 1 heterocycles. The van der Waals surface area contributed by atoms with Crippen molar-refractivity contribution in [1.29, 1.82) is 0 Å². The molecule has 1 aromatic heterocycles. The van der Waals surface area contributed by atoms with E-state index in [1.165, 1.54) is 25.7 Å². The first kappa shape index (κ1) is 15.3. The van der Waals surface area contributed by atoms with Gasteiger partial charge in [-0.15, -0.1) is 0 Å². The van der Waals surface area contributed by atoms with E-state index in [-0.39, 0.29) is 17.4 Å². The molecule has 0 bridgehead atoms. The van der Waals surface area contributed by atoms with Gasteiger partial charge in [0.2, 0.25) is 11.2 Å². The first-order valence-corrected chi connectivity index (χ1v) is 7.73. The zero-order valence-corrected chi connectivity index (χ0v) is 13.2. The molecule has 5 nitrogen and oxygen atoms in total. The van der Waals surface area contributed by atoms with Crippen molar-refractivity contribution in [3.63, 3.8) is 0 Å². The van der Waals surface area contributed by atoms with Gasteiger partial charge in [0.15, 0.2) is 0 Å². The van der Waals surface area contributed by atoms with Gasteiger partial charge in [-0.3, -0.25) is 0 Å². The zero-order valence-electron chi connectivity index (χ0n) is 12.4. The summed E-state index contributed by atoms with van der Waals surface area (Å²) >= 11 is 5.89. The molecule has 0 radical (unpaired) electrons. The van der Waals surface area contributed by atoms with E-state index in [1.54, 1.807) is 0 Å². The molecule has 0 atom stereocenters. The average molecular weight is 299 g/mol. The Morgan fingerprint density at radius 3 is 2.55 bits per heavy atom. The van der Waals surface area contributed by atoms with E-state index < -0.39 is 0 Å². The maximum Gasteiger partial charge on any atom is 0.322 e. The number of ether oxygens (including phenoxy) is 1. The Kier molecular flexibility index (Phi) is 5.40. The number of hydrogen-bond acceptors (Lipinski definition) is 5. The molecular formula is C14H23ClN4O. The molecule has 0 aliphatic heterocycles. The first-order valence-electron chi connectivity index (χ1n) is 7.35. The second-order valence-corrected chi connectivity index (χ2v) is 6.22. The minimum absolute atomic E-state index is 0.0150. The molecule has 0 unspecified atom stereocenters. The molecule has 1 N–H and O–H groups in total. The number of anilines is 1. The topological polar surface area (TPSA) is 59.9 Å². The molecule has 1 fully saturated rings. The summed E-state index contributed by atoms with van der Waals surface area (Å²) in [4.78, 5) is 12.3. The van der Waals surface area contributed by atoms with Crippen LogP contribution in [-0.4, -0.2) is 27.6 Å². The van der Waals surface area contributed by atoms with Gasteiger partial charge in [-0.1, -0.05) is 19.8 Å². The normalized spacial score (nSPS) is 22.9. The van der Waals surface area contributed by atoms with Crippen LogP contribution in [0, 0.1) is 11.8 Å². The molecule has 112 valence electrons. The third-order valence-electron chi connectivity index (χ3n) is 3.61. The summed E-state index contributed by atoms with van der Waals surface area (Å²) in [6, 6.07) is 0.278. The Bertz CT molecular complexity index is 433. The Morgan fingerprint density at radius 2 is 1.90 bits per heavy atom. The highest BCUT2D eigenvalue weighted by Crippen LogP contribution is 2.28. The Balaban J connectivity index is 1.90. The van der Waals surface area contributed by atoms with E-state index in [9.17, 15) is 0 Å². The Hall–Kier alpha value is -1.10. The third-order valence-corrected chi connectivity index (χ3v) is 3.78. The maximum atomic E-state index is 5.89. The molecule has 1 aliphatic rings. The molecule has 1 saturated carbocycles. The van der Waals surface area contributed by atoms with E-state index >= 15 is 0 Å². The summed E-state index contributed by atoms with van der Waals surface area (Å²) < 4.78 is 5.45. The number of halogens is 1. The summed E-state index contributed by atoms with van der Waals surface area (Å²) in [5.41, 5.74) is 0. The molecule has 20 heavy (non-hydrogen) atoms. The largest absolute Gasteiger partial charge is 0.461 e. The zero-order chi connectivity index (χ0) is 14.5. The van der Waals surface area contributed by atoms with E-state index in [2.05, 4.69) is 27.2 Å². The van der Waals surface area contributed by atoms with Crippen LogP contribution in [0.5, 0.6) is 6.01 Å². The van der Waals surface area contributed by atoms with Crippen LogP contribution >= 0.6 is 11.6 Å². The lowest BCUT2D eigenvalue weighted by atomic mass is 9.83. The van der Waals surface area contributed by atoms with Gasteiger partial charge in [-0.25, -0.2) is 0 Å². The summed E-state index contributed by atoms with van der Waals surface area (Å²) in [5.74, 6) is 2.05. The highest BCUT2D eigenvalue weighted by molar-refractivity contribution is 6.28. The number of rotatable bonds is 5. The predicted molar refractivity (Wildman–Crippen MR) is 80.2 cm³/mol. The van der Waals surface area contributed by atoms with Crippen molar-refractivity contribution in [1.82, 2.24) is 15.0 Å². The molecule has 0 amide bonds. The van der Waals surface area contributed by atoms with E-state index in [4.69, 9.17) is 16.3 Å². The van der Waals surface area contributed by atoms with Crippen molar-refractivity contribution in [2.75, 3.05) is 11.9 Å². The summed E-state index contributed by atoms with van der Waals surface area (Å²) in [6.45, 7) is 7.06. The van der Waals surface area contributed by atoms with Crippen molar-refractivity contribution in [3.05, 3.63) is 5.28 Å². The minimum atomic E-state index is 0.0150. The van der Waals surface area contributed by atoms with Crippen LogP contribution < -0.4 is 10.1 Å². The van der Waals surface area contributed by atoms with Gasteiger partial charge in [-0.2, -0.15) is 15.0 Å². The lowest BCUT2D eigenvalue weighted by Crippen LogP contribution is -2.21. The van der Waals surface area contributed by atoms with Gasteiger partial charge < -0.3 is 10.1 Å². The fourth-order valence-corrected chi connectivity index (χ4v) is 2.60. The smallest absolute Gasteiger partial charge is 0.322 e. The standard InChI is InChI=1S/C14H23ClN4O/c1-9(2)20-14-18-12(15)17-13(19-14)16-8-11-6-4-10(3)5-7-11/h9-11H,4-8H2,1-3H3,(H,16,17,18,19). The first-order chi connectivity index (χ1) is 9.52. The number of hydrogen-bond donors (Lipinski definition) is 1. The quantitative estimate of drug-likeness (QED) is 0.901. The van der Waals surface area contributed by atoms with Gasteiger partial charge in [0.05, 0.1) is 6.10 Å². The van der Waals surface area contributed by atoms with E-state index in [0.717, 1.165) is 12.5 Å². The summed E-state index contributed by atoms with van der Waals surface area (Å²) in [6.07, 6.45) is 5.17. The van der Waals surface area contributed by atoms with Crippen molar-refractivity contribution in [2.24, 2.45) is 11.8 Å². The highest BCUT2D eigenvalue weighted by Gasteiger charge is 2.18. The van der Waals surface area contributed by atoms with Crippen molar-refractivity contribution < 1.29 is 4.74 Å².